The Morgan fingerprint density at radius 1 is 1.25 bits per heavy atom. The van der Waals surface area contributed by atoms with E-state index in [4.69, 9.17) is 0 Å². The maximum atomic E-state index is 12.4. The normalized spacial score (nSPS) is 10.1. The van der Waals surface area contributed by atoms with E-state index in [0.717, 1.165) is 17.7 Å². The highest BCUT2D eigenvalue weighted by Crippen LogP contribution is 2.20. The average molecular weight is 269 g/mol. The molecular weight excluding hydrogens is 250 g/mol. The van der Waals surface area contributed by atoms with Crippen LogP contribution in [0.25, 0.3) is 0 Å². The third kappa shape index (κ3) is 3.35. The van der Waals surface area contributed by atoms with Gasteiger partial charge in [0.25, 0.3) is 0 Å². The third-order valence-electron chi connectivity index (χ3n) is 3.01. The van der Waals surface area contributed by atoms with Crippen LogP contribution in [0.2, 0.25) is 0 Å². The minimum absolute atomic E-state index is 0.130. The molecule has 1 N–H and O–H groups in total. The van der Waals surface area contributed by atoms with E-state index in [9.17, 15) is 4.79 Å². The SMILES string of the molecule is CCCN(C(=O)Nc1cccnc1)c1ccccc1C. The first-order valence-electron chi connectivity index (χ1n) is 6.76. The fourth-order valence-electron chi connectivity index (χ4n) is 2.05. The number of para-hydroxylation sites is 1. The van der Waals surface area contributed by atoms with Crippen LogP contribution < -0.4 is 10.2 Å². The molecular formula is C16H19N3O. The highest BCUT2D eigenvalue weighted by Gasteiger charge is 2.16. The second-order valence-corrected chi connectivity index (χ2v) is 4.61. The van der Waals surface area contributed by atoms with E-state index in [0.29, 0.717) is 12.2 Å². The van der Waals surface area contributed by atoms with Crippen LogP contribution in [0, 0.1) is 6.92 Å². The molecule has 0 unspecified atom stereocenters. The van der Waals surface area contributed by atoms with Crippen LogP contribution in [0.15, 0.2) is 48.8 Å². The van der Waals surface area contributed by atoms with Crippen molar-refractivity contribution in [3.8, 4) is 0 Å². The molecule has 0 radical (unpaired) electrons. The molecule has 0 aliphatic heterocycles. The minimum atomic E-state index is -0.130. The largest absolute Gasteiger partial charge is 0.326 e. The van der Waals surface area contributed by atoms with Crippen molar-refractivity contribution < 1.29 is 4.79 Å². The molecule has 0 aliphatic rings. The van der Waals surface area contributed by atoms with Crippen molar-refractivity contribution >= 4 is 17.4 Å². The highest BCUT2D eigenvalue weighted by molar-refractivity contribution is 6.02. The molecule has 1 aromatic heterocycles. The summed E-state index contributed by atoms with van der Waals surface area (Å²) in [7, 11) is 0. The number of nitrogens with zero attached hydrogens (tertiary/aromatic N) is 2. The summed E-state index contributed by atoms with van der Waals surface area (Å²) in [6, 6.07) is 11.4. The summed E-state index contributed by atoms with van der Waals surface area (Å²) in [4.78, 5) is 18.2. The lowest BCUT2D eigenvalue weighted by Gasteiger charge is -2.24. The maximum Gasteiger partial charge on any atom is 0.326 e. The van der Waals surface area contributed by atoms with Crippen molar-refractivity contribution in [2.24, 2.45) is 0 Å². The van der Waals surface area contributed by atoms with Gasteiger partial charge in [-0.05, 0) is 37.1 Å². The monoisotopic (exact) mass is 269 g/mol. The molecule has 2 amide bonds. The Bertz CT molecular complexity index is 569. The summed E-state index contributed by atoms with van der Waals surface area (Å²) in [5.74, 6) is 0. The van der Waals surface area contributed by atoms with Crippen molar-refractivity contribution in [2.45, 2.75) is 20.3 Å². The van der Waals surface area contributed by atoms with Crippen LogP contribution in [0.4, 0.5) is 16.2 Å². The maximum absolute atomic E-state index is 12.4. The molecule has 2 rings (SSSR count). The van der Waals surface area contributed by atoms with Gasteiger partial charge in [-0.3, -0.25) is 9.88 Å². The molecule has 0 bridgehead atoms. The molecule has 0 spiro atoms. The van der Waals surface area contributed by atoms with Gasteiger partial charge in [-0.15, -0.1) is 0 Å². The molecule has 0 atom stereocenters. The predicted octanol–water partition coefficient (Wildman–Crippen LogP) is 3.84. The zero-order chi connectivity index (χ0) is 14.4. The molecule has 0 fully saturated rings. The van der Waals surface area contributed by atoms with Gasteiger partial charge in [0, 0.05) is 18.4 Å². The van der Waals surface area contributed by atoms with Crippen molar-refractivity contribution in [3.05, 3.63) is 54.4 Å². The summed E-state index contributed by atoms with van der Waals surface area (Å²) < 4.78 is 0. The molecule has 20 heavy (non-hydrogen) atoms. The Labute approximate surface area is 119 Å². The topological polar surface area (TPSA) is 45.2 Å². The van der Waals surface area contributed by atoms with Crippen molar-refractivity contribution in [1.82, 2.24) is 4.98 Å². The Morgan fingerprint density at radius 3 is 2.70 bits per heavy atom. The molecule has 1 aromatic carbocycles. The number of aromatic nitrogens is 1. The first kappa shape index (κ1) is 14.1. The Balaban J connectivity index is 2.20. The van der Waals surface area contributed by atoms with Crippen LogP contribution in [0.1, 0.15) is 18.9 Å². The number of urea groups is 1. The summed E-state index contributed by atoms with van der Waals surface area (Å²) in [6.45, 7) is 4.74. The van der Waals surface area contributed by atoms with Crippen LogP contribution in [0.3, 0.4) is 0 Å². The summed E-state index contributed by atoms with van der Waals surface area (Å²) in [5, 5.41) is 2.88. The number of hydrogen-bond donors (Lipinski definition) is 1. The van der Waals surface area contributed by atoms with Crippen LogP contribution in [-0.4, -0.2) is 17.6 Å². The van der Waals surface area contributed by atoms with E-state index >= 15 is 0 Å². The molecule has 1 heterocycles. The van der Waals surface area contributed by atoms with Gasteiger partial charge in [0.2, 0.25) is 0 Å². The standard InChI is InChI=1S/C16H19N3O/c1-3-11-19(15-9-5-4-7-13(15)2)16(20)18-14-8-6-10-17-12-14/h4-10,12H,3,11H2,1-2H3,(H,18,20). The molecule has 0 saturated heterocycles. The van der Waals surface area contributed by atoms with Gasteiger partial charge in [-0.25, -0.2) is 4.79 Å². The molecule has 2 aromatic rings. The number of pyridine rings is 1. The van der Waals surface area contributed by atoms with Gasteiger partial charge in [0.05, 0.1) is 11.9 Å². The minimum Gasteiger partial charge on any atom is -0.306 e. The Hall–Kier alpha value is -2.36. The number of aryl methyl sites for hydroxylation is 1. The van der Waals surface area contributed by atoms with E-state index < -0.39 is 0 Å². The fraction of sp³-hybridized carbons (Fsp3) is 0.250. The van der Waals surface area contributed by atoms with Crippen LogP contribution in [-0.2, 0) is 0 Å². The first-order valence-corrected chi connectivity index (χ1v) is 6.76. The smallest absolute Gasteiger partial charge is 0.306 e. The fourth-order valence-corrected chi connectivity index (χ4v) is 2.05. The lowest BCUT2D eigenvalue weighted by atomic mass is 10.2. The molecule has 0 saturated carbocycles. The average Bonchev–Trinajstić information content (AvgIpc) is 2.47. The number of carbonyl (C=O) groups is 1. The molecule has 4 nitrogen and oxygen atoms in total. The molecule has 104 valence electrons. The third-order valence-corrected chi connectivity index (χ3v) is 3.01. The van der Waals surface area contributed by atoms with Gasteiger partial charge in [0.15, 0.2) is 0 Å². The van der Waals surface area contributed by atoms with E-state index in [1.165, 1.54) is 0 Å². The van der Waals surface area contributed by atoms with Gasteiger partial charge >= 0.3 is 6.03 Å². The number of carbonyl (C=O) groups excluding carboxylic acids is 1. The lowest BCUT2D eigenvalue weighted by Crippen LogP contribution is -2.36. The van der Waals surface area contributed by atoms with Crippen molar-refractivity contribution in [3.63, 3.8) is 0 Å². The predicted molar refractivity (Wildman–Crippen MR) is 82.1 cm³/mol. The summed E-state index contributed by atoms with van der Waals surface area (Å²) in [6.07, 6.45) is 4.22. The summed E-state index contributed by atoms with van der Waals surface area (Å²) >= 11 is 0. The number of hydrogen-bond acceptors (Lipinski definition) is 2. The molecule has 0 aliphatic carbocycles. The molecule has 4 heteroatoms. The van der Waals surface area contributed by atoms with Crippen LogP contribution in [0.5, 0.6) is 0 Å². The number of benzene rings is 1. The highest BCUT2D eigenvalue weighted by atomic mass is 16.2. The van der Waals surface area contributed by atoms with E-state index in [2.05, 4.69) is 17.2 Å². The van der Waals surface area contributed by atoms with Gasteiger partial charge in [0.1, 0.15) is 0 Å². The van der Waals surface area contributed by atoms with Crippen molar-refractivity contribution in [1.29, 1.82) is 0 Å². The van der Waals surface area contributed by atoms with E-state index in [-0.39, 0.29) is 6.03 Å². The second-order valence-electron chi connectivity index (χ2n) is 4.61. The quantitative estimate of drug-likeness (QED) is 0.916. The zero-order valence-corrected chi connectivity index (χ0v) is 11.8. The number of nitrogens with one attached hydrogen (secondary N) is 1. The van der Waals surface area contributed by atoms with Gasteiger partial charge in [-0.1, -0.05) is 25.1 Å². The van der Waals surface area contributed by atoms with Gasteiger partial charge < -0.3 is 5.32 Å². The Kier molecular flexibility index (Phi) is 4.71. The number of anilines is 2. The zero-order valence-electron chi connectivity index (χ0n) is 11.8. The van der Waals surface area contributed by atoms with Gasteiger partial charge in [-0.2, -0.15) is 0 Å². The van der Waals surface area contributed by atoms with E-state index in [1.807, 2.05) is 37.3 Å². The lowest BCUT2D eigenvalue weighted by molar-refractivity contribution is 0.257. The number of rotatable bonds is 4. The first-order chi connectivity index (χ1) is 9.72. The van der Waals surface area contributed by atoms with Crippen molar-refractivity contribution in [2.75, 3.05) is 16.8 Å². The Morgan fingerprint density at radius 2 is 2.05 bits per heavy atom. The van der Waals surface area contributed by atoms with E-state index in [1.54, 1.807) is 23.4 Å². The second kappa shape index (κ2) is 6.70. The van der Waals surface area contributed by atoms with Crippen LogP contribution >= 0.6 is 0 Å². The number of amides is 2. The summed E-state index contributed by atoms with van der Waals surface area (Å²) in [5.41, 5.74) is 2.73.